The highest BCUT2D eigenvalue weighted by molar-refractivity contribution is 7.89. The summed E-state index contributed by atoms with van der Waals surface area (Å²) in [6.45, 7) is 5.31. The van der Waals surface area contributed by atoms with E-state index in [1.807, 2.05) is 18.7 Å². The van der Waals surface area contributed by atoms with Crippen molar-refractivity contribution in [3.8, 4) is 11.5 Å². The van der Waals surface area contributed by atoms with Gasteiger partial charge in [-0.25, -0.2) is 12.8 Å². The molecule has 3 heterocycles. The number of sulfonamides is 1. The minimum atomic E-state index is -3.75. The first-order valence-corrected chi connectivity index (χ1v) is 10.3. The second-order valence-corrected chi connectivity index (χ2v) is 8.58. The van der Waals surface area contributed by atoms with Gasteiger partial charge in [-0.3, -0.25) is 0 Å². The Morgan fingerprint density at radius 3 is 2.29 bits per heavy atom. The van der Waals surface area contributed by atoms with Gasteiger partial charge < -0.3 is 13.8 Å². The minimum absolute atomic E-state index is 0.119. The summed E-state index contributed by atoms with van der Waals surface area (Å²) in [5.41, 5.74) is 2.41. The highest BCUT2D eigenvalue weighted by atomic mass is 32.2. The standard InChI is InChI=1S/C19H20FN3O4S/c1-13-14(2)21-27-19(13)17-7-8-18(26-17)28(24,25)23-11-9-22(10-12-23)16-5-3-15(20)4-6-16/h3-8H,9-12H2,1-2H3. The van der Waals surface area contributed by atoms with Crippen molar-refractivity contribution in [2.24, 2.45) is 0 Å². The summed E-state index contributed by atoms with van der Waals surface area (Å²) in [4.78, 5) is 2.03. The lowest BCUT2D eigenvalue weighted by molar-refractivity contribution is 0.358. The summed E-state index contributed by atoms with van der Waals surface area (Å²) in [7, 11) is -3.75. The molecule has 0 bridgehead atoms. The Kier molecular flexibility index (Phi) is 4.72. The quantitative estimate of drug-likeness (QED) is 0.663. The van der Waals surface area contributed by atoms with E-state index in [-0.39, 0.29) is 10.9 Å². The lowest BCUT2D eigenvalue weighted by atomic mass is 10.2. The molecule has 2 aromatic heterocycles. The van der Waals surface area contributed by atoms with Crippen LogP contribution in [0.5, 0.6) is 0 Å². The first-order valence-electron chi connectivity index (χ1n) is 8.90. The van der Waals surface area contributed by atoms with Gasteiger partial charge in [0.2, 0.25) is 10.9 Å². The van der Waals surface area contributed by atoms with Gasteiger partial charge in [-0.15, -0.1) is 0 Å². The fourth-order valence-corrected chi connectivity index (χ4v) is 4.53. The summed E-state index contributed by atoms with van der Waals surface area (Å²) < 4.78 is 51.2. The largest absolute Gasteiger partial charge is 0.440 e. The van der Waals surface area contributed by atoms with E-state index in [1.54, 1.807) is 18.2 Å². The summed E-state index contributed by atoms with van der Waals surface area (Å²) in [5.74, 6) is 0.470. The molecule has 1 aliphatic rings. The van der Waals surface area contributed by atoms with Crippen molar-refractivity contribution in [1.82, 2.24) is 9.46 Å². The molecule has 0 aliphatic carbocycles. The third-order valence-corrected chi connectivity index (χ3v) is 6.76. The maximum atomic E-state index is 13.1. The van der Waals surface area contributed by atoms with Crippen LogP contribution < -0.4 is 4.90 Å². The summed E-state index contributed by atoms with van der Waals surface area (Å²) in [6.07, 6.45) is 0. The van der Waals surface area contributed by atoms with Crippen LogP contribution in [-0.2, 0) is 10.0 Å². The molecule has 4 rings (SSSR count). The van der Waals surface area contributed by atoms with E-state index in [0.717, 1.165) is 16.9 Å². The van der Waals surface area contributed by atoms with Gasteiger partial charge in [-0.1, -0.05) is 5.16 Å². The molecular formula is C19H20FN3O4S. The number of rotatable bonds is 4. The van der Waals surface area contributed by atoms with E-state index in [1.165, 1.54) is 22.5 Å². The third-order valence-electron chi connectivity index (χ3n) is 4.99. The number of aryl methyl sites for hydroxylation is 1. The van der Waals surface area contributed by atoms with Gasteiger partial charge in [0.05, 0.1) is 5.69 Å². The predicted octanol–water partition coefficient (Wildman–Crippen LogP) is 3.20. The molecule has 0 unspecified atom stereocenters. The zero-order chi connectivity index (χ0) is 19.9. The highest BCUT2D eigenvalue weighted by Gasteiger charge is 2.31. The minimum Gasteiger partial charge on any atom is -0.440 e. The normalized spacial score (nSPS) is 15.9. The van der Waals surface area contributed by atoms with Gasteiger partial charge in [0.25, 0.3) is 10.0 Å². The maximum absolute atomic E-state index is 13.1. The van der Waals surface area contributed by atoms with Crippen molar-refractivity contribution >= 4 is 15.7 Å². The van der Waals surface area contributed by atoms with E-state index >= 15 is 0 Å². The third kappa shape index (κ3) is 3.31. The number of benzene rings is 1. The number of furan rings is 1. The van der Waals surface area contributed by atoms with Crippen LogP contribution in [0.4, 0.5) is 10.1 Å². The van der Waals surface area contributed by atoms with Crippen molar-refractivity contribution < 1.29 is 21.7 Å². The first-order chi connectivity index (χ1) is 13.4. The number of aromatic nitrogens is 1. The van der Waals surface area contributed by atoms with Crippen LogP contribution in [0.25, 0.3) is 11.5 Å². The maximum Gasteiger partial charge on any atom is 0.276 e. The van der Waals surface area contributed by atoms with Gasteiger partial charge >= 0.3 is 0 Å². The molecule has 0 spiro atoms. The molecule has 28 heavy (non-hydrogen) atoms. The van der Waals surface area contributed by atoms with Gasteiger partial charge in [-0.05, 0) is 50.2 Å². The van der Waals surface area contributed by atoms with Crippen LogP contribution in [0, 0.1) is 19.7 Å². The molecule has 1 fully saturated rings. The molecule has 1 aliphatic heterocycles. The topological polar surface area (TPSA) is 79.8 Å². The monoisotopic (exact) mass is 405 g/mol. The molecule has 1 saturated heterocycles. The fourth-order valence-electron chi connectivity index (χ4n) is 3.19. The summed E-state index contributed by atoms with van der Waals surface area (Å²) in [5, 5.41) is 3.75. The van der Waals surface area contributed by atoms with Crippen molar-refractivity contribution in [3.63, 3.8) is 0 Å². The van der Waals surface area contributed by atoms with Crippen LogP contribution in [-0.4, -0.2) is 44.1 Å². The molecule has 0 saturated carbocycles. The Hall–Kier alpha value is -2.65. The van der Waals surface area contributed by atoms with E-state index in [9.17, 15) is 12.8 Å². The van der Waals surface area contributed by atoms with Gasteiger partial charge in [0.15, 0.2) is 5.76 Å². The van der Waals surface area contributed by atoms with E-state index < -0.39 is 10.0 Å². The molecule has 3 aromatic rings. The second-order valence-electron chi connectivity index (χ2n) is 6.71. The smallest absolute Gasteiger partial charge is 0.276 e. The molecule has 0 amide bonds. The molecule has 1 aromatic carbocycles. The highest BCUT2D eigenvalue weighted by Crippen LogP contribution is 2.30. The molecule has 7 nitrogen and oxygen atoms in total. The Labute approximate surface area is 162 Å². The lowest BCUT2D eigenvalue weighted by Crippen LogP contribution is -2.48. The van der Waals surface area contributed by atoms with Crippen LogP contribution in [0.1, 0.15) is 11.3 Å². The summed E-state index contributed by atoms with van der Waals surface area (Å²) in [6, 6.07) is 9.20. The average molecular weight is 405 g/mol. The Morgan fingerprint density at radius 2 is 1.68 bits per heavy atom. The van der Waals surface area contributed by atoms with Crippen molar-refractivity contribution in [2.45, 2.75) is 18.9 Å². The number of nitrogens with zero attached hydrogens (tertiary/aromatic N) is 3. The zero-order valence-electron chi connectivity index (χ0n) is 15.6. The van der Waals surface area contributed by atoms with Gasteiger partial charge in [-0.2, -0.15) is 4.31 Å². The predicted molar refractivity (Wildman–Crippen MR) is 101 cm³/mol. The molecule has 0 N–H and O–H groups in total. The van der Waals surface area contributed by atoms with Crippen LogP contribution in [0.15, 0.2) is 50.4 Å². The van der Waals surface area contributed by atoms with Crippen molar-refractivity contribution in [3.05, 3.63) is 53.5 Å². The van der Waals surface area contributed by atoms with Crippen LogP contribution in [0.3, 0.4) is 0 Å². The Morgan fingerprint density at radius 1 is 1.00 bits per heavy atom. The average Bonchev–Trinajstić information content (AvgIpc) is 3.30. The number of halogens is 1. The first kappa shape index (κ1) is 18.7. The van der Waals surface area contributed by atoms with Crippen molar-refractivity contribution in [1.29, 1.82) is 0 Å². The van der Waals surface area contributed by atoms with Crippen LogP contribution in [0.2, 0.25) is 0 Å². The van der Waals surface area contributed by atoms with E-state index in [0.29, 0.717) is 37.7 Å². The van der Waals surface area contributed by atoms with E-state index in [4.69, 9.17) is 8.94 Å². The molecule has 148 valence electrons. The van der Waals surface area contributed by atoms with E-state index in [2.05, 4.69) is 5.16 Å². The summed E-state index contributed by atoms with van der Waals surface area (Å²) >= 11 is 0. The Balaban J connectivity index is 1.49. The number of hydrogen-bond donors (Lipinski definition) is 0. The number of anilines is 1. The SMILES string of the molecule is Cc1noc(-c2ccc(S(=O)(=O)N3CCN(c4ccc(F)cc4)CC3)o2)c1C. The fraction of sp³-hybridized carbons (Fsp3) is 0.316. The molecule has 0 radical (unpaired) electrons. The number of piperazine rings is 1. The molecule has 0 atom stereocenters. The molecular weight excluding hydrogens is 385 g/mol. The number of hydrogen-bond acceptors (Lipinski definition) is 6. The Bertz CT molecular complexity index is 1080. The second kappa shape index (κ2) is 7.06. The van der Waals surface area contributed by atoms with Gasteiger partial charge in [0, 0.05) is 37.4 Å². The van der Waals surface area contributed by atoms with Gasteiger partial charge in [0.1, 0.15) is 5.82 Å². The zero-order valence-corrected chi connectivity index (χ0v) is 16.4. The lowest BCUT2D eigenvalue weighted by Gasteiger charge is -2.34. The molecule has 9 heteroatoms. The van der Waals surface area contributed by atoms with Crippen molar-refractivity contribution in [2.75, 3.05) is 31.1 Å². The van der Waals surface area contributed by atoms with Crippen LogP contribution >= 0.6 is 0 Å².